The van der Waals surface area contributed by atoms with Crippen LogP contribution in [-0.4, -0.2) is 46.5 Å². The van der Waals surface area contributed by atoms with E-state index in [1.807, 2.05) is 30.3 Å². The summed E-state index contributed by atoms with van der Waals surface area (Å²) in [5, 5.41) is 27.0. The van der Waals surface area contributed by atoms with Gasteiger partial charge in [0.15, 0.2) is 0 Å². The molecule has 0 amide bonds. The largest absolute Gasteiger partial charge is 0.390 e. The van der Waals surface area contributed by atoms with Gasteiger partial charge in [-0.05, 0) is 23.2 Å². The maximum absolute atomic E-state index is 10.1. The van der Waals surface area contributed by atoms with Crippen LogP contribution in [-0.2, 0) is 4.74 Å². The number of rotatable bonds is 5. The molecule has 1 aliphatic heterocycles. The maximum Gasteiger partial charge on any atom is 0.119 e. The molecule has 10 heteroatoms. The summed E-state index contributed by atoms with van der Waals surface area (Å²) in [5.41, 5.74) is 16.3. The number of azide groups is 2. The number of hydrogen-bond acceptors (Lipinski definition) is 6. The number of aliphatic hydroxyl groups excluding tert-OH is 2. The van der Waals surface area contributed by atoms with Gasteiger partial charge in [0.2, 0.25) is 0 Å². The van der Waals surface area contributed by atoms with Crippen LogP contribution in [0.4, 0.5) is 0 Å². The molecule has 1 saturated heterocycles. The van der Waals surface area contributed by atoms with Gasteiger partial charge in [-0.3, -0.25) is 0 Å². The van der Waals surface area contributed by atoms with Crippen LogP contribution in [0.3, 0.4) is 0 Å². The highest BCUT2D eigenvalue weighted by Crippen LogP contribution is 2.35. The van der Waals surface area contributed by atoms with E-state index in [9.17, 15) is 10.2 Å². The summed E-state index contributed by atoms with van der Waals surface area (Å²) in [4.78, 5) is 6.18. The third-order valence-electron chi connectivity index (χ3n) is 3.17. The summed E-state index contributed by atoms with van der Waals surface area (Å²) >= 11 is 1.26. The monoisotopic (exact) mass is 322 g/mol. The zero-order valence-electron chi connectivity index (χ0n) is 11.4. The number of hydrogen-bond donors (Lipinski definition) is 2. The second kappa shape index (κ2) is 7.90. The van der Waals surface area contributed by atoms with Crippen LogP contribution in [0.2, 0.25) is 0 Å². The van der Waals surface area contributed by atoms with Gasteiger partial charge in [0.05, 0.1) is 18.8 Å². The first-order chi connectivity index (χ1) is 10.7. The molecule has 116 valence electrons. The molecule has 0 bridgehead atoms. The highest BCUT2D eigenvalue weighted by Gasteiger charge is 2.44. The molecule has 1 aromatic rings. The lowest BCUT2D eigenvalue weighted by Crippen LogP contribution is -2.56. The molecule has 1 aromatic carbocycles. The van der Waals surface area contributed by atoms with E-state index in [1.165, 1.54) is 11.8 Å². The van der Waals surface area contributed by atoms with Gasteiger partial charge < -0.3 is 14.9 Å². The summed E-state index contributed by atoms with van der Waals surface area (Å²) in [6.07, 6.45) is -3.46. The zero-order valence-corrected chi connectivity index (χ0v) is 12.2. The van der Waals surface area contributed by atoms with E-state index in [1.54, 1.807) is 0 Å². The van der Waals surface area contributed by atoms with E-state index < -0.39 is 29.8 Å². The SMILES string of the molecule is [N-]=[N+]=NCC1OC(Sc2ccccc2)C(N=[N+]=[N-])C(O)C1O. The van der Waals surface area contributed by atoms with Crippen molar-refractivity contribution >= 4 is 11.8 Å². The van der Waals surface area contributed by atoms with Gasteiger partial charge in [-0.1, -0.05) is 40.2 Å². The number of ether oxygens (including phenoxy) is 1. The molecule has 0 aromatic heterocycles. The van der Waals surface area contributed by atoms with E-state index in [2.05, 4.69) is 20.1 Å². The highest BCUT2D eigenvalue weighted by molar-refractivity contribution is 7.99. The van der Waals surface area contributed by atoms with Crippen molar-refractivity contribution in [2.75, 3.05) is 6.54 Å². The van der Waals surface area contributed by atoms with Crippen molar-refractivity contribution in [1.29, 1.82) is 0 Å². The number of nitrogens with zero attached hydrogens (tertiary/aromatic N) is 6. The van der Waals surface area contributed by atoms with Crippen LogP contribution in [0, 0.1) is 0 Å². The van der Waals surface area contributed by atoms with Crippen LogP contribution < -0.4 is 0 Å². The smallest absolute Gasteiger partial charge is 0.119 e. The molecule has 5 unspecified atom stereocenters. The molecule has 5 atom stereocenters. The summed E-state index contributed by atoms with van der Waals surface area (Å²) < 4.78 is 5.66. The lowest BCUT2D eigenvalue weighted by molar-refractivity contribution is -0.150. The quantitative estimate of drug-likeness (QED) is 0.485. The molecule has 1 fully saturated rings. The molecule has 9 nitrogen and oxygen atoms in total. The Bertz CT molecular complexity index is 588. The zero-order chi connectivity index (χ0) is 15.9. The van der Waals surface area contributed by atoms with Crippen molar-refractivity contribution in [2.24, 2.45) is 10.2 Å². The molecule has 0 spiro atoms. The van der Waals surface area contributed by atoms with E-state index in [4.69, 9.17) is 15.8 Å². The fourth-order valence-corrected chi connectivity index (χ4v) is 3.23. The predicted octanol–water partition coefficient (Wildman–Crippen LogP) is 2.21. The lowest BCUT2D eigenvalue weighted by atomic mass is 9.98. The predicted molar refractivity (Wildman–Crippen MR) is 79.9 cm³/mol. The Morgan fingerprint density at radius 3 is 2.50 bits per heavy atom. The van der Waals surface area contributed by atoms with Gasteiger partial charge in [-0.25, -0.2) is 0 Å². The van der Waals surface area contributed by atoms with Gasteiger partial charge in [-0.15, -0.1) is 0 Å². The maximum atomic E-state index is 10.1. The fraction of sp³-hybridized carbons (Fsp3) is 0.500. The Balaban J connectivity index is 2.21. The van der Waals surface area contributed by atoms with Crippen LogP contribution in [0.1, 0.15) is 0 Å². The summed E-state index contributed by atoms with van der Waals surface area (Å²) in [7, 11) is 0. The third kappa shape index (κ3) is 3.83. The molecule has 2 N–H and O–H groups in total. The van der Waals surface area contributed by atoms with Gasteiger partial charge in [0.25, 0.3) is 0 Å². The van der Waals surface area contributed by atoms with Crippen molar-refractivity contribution in [3.8, 4) is 0 Å². The van der Waals surface area contributed by atoms with Gasteiger partial charge in [0.1, 0.15) is 17.6 Å². The first kappa shape index (κ1) is 16.4. The Kier molecular flexibility index (Phi) is 5.91. The number of benzene rings is 1. The first-order valence-corrected chi connectivity index (χ1v) is 7.33. The Labute approximate surface area is 130 Å². The molecule has 0 radical (unpaired) electrons. The van der Waals surface area contributed by atoms with Crippen molar-refractivity contribution < 1.29 is 14.9 Å². The molecule has 0 saturated carbocycles. The van der Waals surface area contributed by atoms with Crippen molar-refractivity contribution in [2.45, 2.75) is 34.7 Å². The normalized spacial score (nSPS) is 30.9. The second-order valence-corrected chi connectivity index (χ2v) is 5.74. The Morgan fingerprint density at radius 2 is 1.86 bits per heavy atom. The van der Waals surface area contributed by atoms with E-state index in [0.717, 1.165) is 4.90 Å². The second-order valence-electron chi connectivity index (χ2n) is 4.56. The fourth-order valence-electron chi connectivity index (χ4n) is 2.10. The average molecular weight is 322 g/mol. The number of aliphatic hydroxyl groups is 2. The average Bonchev–Trinajstić information content (AvgIpc) is 2.54. The number of thioether (sulfide) groups is 1. The Hall–Kier alpha value is -1.93. The van der Waals surface area contributed by atoms with Gasteiger partial charge >= 0.3 is 0 Å². The van der Waals surface area contributed by atoms with Crippen molar-refractivity contribution in [3.63, 3.8) is 0 Å². The minimum absolute atomic E-state index is 0.121. The molecule has 22 heavy (non-hydrogen) atoms. The third-order valence-corrected chi connectivity index (χ3v) is 4.34. The lowest BCUT2D eigenvalue weighted by Gasteiger charge is -2.40. The minimum Gasteiger partial charge on any atom is -0.390 e. The van der Waals surface area contributed by atoms with Crippen LogP contribution in [0.5, 0.6) is 0 Å². The minimum atomic E-state index is -1.30. The molecular formula is C12H14N6O3S. The van der Waals surface area contributed by atoms with E-state index >= 15 is 0 Å². The standard InChI is InChI=1S/C12H14N6O3S/c13-17-15-6-8-10(19)11(20)9(16-18-14)12(21-8)22-7-4-2-1-3-5-7/h1-5,8-12,19-20H,6H2. The van der Waals surface area contributed by atoms with Crippen molar-refractivity contribution in [1.82, 2.24) is 0 Å². The van der Waals surface area contributed by atoms with Crippen LogP contribution in [0.15, 0.2) is 45.5 Å². The van der Waals surface area contributed by atoms with Crippen LogP contribution in [0.25, 0.3) is 20.9 Å². The summed E-state index contributed by atoms with van der Waals surface area (Å²) in [6, 6.07) is 8.29. The highest BCUT2D eigenvalue weighted by atomic mass is 32.2. The van der Waals surface area contributed by atoms with Crippen molar-refractivity contribution in [3.05, 3.63) is 51.2 Å². The molecule has 0 aliphatic carbocycles. The molecular weight excluding hydrogens is 308 g/mol. The van der Waals surface area contributed by atoms with E-state index in [0.29, 0.717) is 0 Å². The van der Waals surface area contributed by atoms with Gasteiger partial charge in [-0.2, -0.15) is 0 Å². The van der Waals surface area contributed by atoms with Crippen LogP contribution >= 0.6 is 11.8 Å². The summed E-state index contributed by atoms with van der Waals surface area (Å²) in [5.74, 6) is 0. The molecule has 2 rings (SSSR count). The van der Waals surface area contributed by atoms with Gasteiger partial charge in [0, 0.05) is 14.7 Å². The molecule has 1 aliphatic rings. The molecule has 1 heterocycles. The summed E-state index contributed by atoms with van der Waals surface area (Å²) in [6.45, 7) is -0.121. The first-order valence-electron chi connectivity index (χ1n) is 6.45. The van der Waals surface area contributed by atoms with E-state index in [-0.39, 0.29) is 6.54 Å². The Morgan fingerprint density at radius 1 is 1.14 bits per heavy atom. The topological polar surface area (TPSA) is 147 Å².